The third-order valence-corrected chi connectivity index (χ3v) is 10.6. The number of hydrogen-bond donors (Lipinski definition) is 0. The van der Waals surface area contributed by atoms with Gasteiger partial charge in [-0.2, -0.15) is 0 Å². The molecule has 0 atom stereocenters. The zero-order valence-electron chi connectivity index (χ0n) is 30.1. The van der Waals surface area contributed by atoms with Gasteiger partial charge >= 0.3 is 37.7 Å². The van der Waals surface area contributed by atoms with Gasteiger partial charge < -0.3 is 9.11 Å². The topological polar surface area (TPSA) is 114 Å². The number of rotatable bonds is 18. The fraction of sp³-hybridized carbons (Fsp3) is 0.500. The minimum absolute atomic E-state index is 0. The van der Waals surface area contributed by atoms with Crippen LogP contribution in [-0.4, -0.2) is 63.7 Å². The molecular formula is C40H54CaO6S2. The van der Waals surface area contributed by atoms with Gasteiger partial charge in [0.2, 0.25) is 0 Å². The van der Waals surface area contributed by atoms with Crippen LogP contribution in [-0.2, 0) is 45.9 Å². The Bertz CT molecular complexity index is 1700. The molecule has 0 unspecified atom stereocenters. The van der Waals surface area contributed by atoms with Crippen molar-refractivity contribution < 1.29 is 25.9 Å². The second-order valence-electron chi connectivity index (χ2n) is 13.0. The van der Waals surface area contributed by atoms with Gasteiger partial charge in [-0.15, -0.1) is 0 Å². The summed E-state index contributed by atoms with van der Waals surface area (Å²) >= 11 is 0. The molecule has 6 nitrogen and oxygen atoms in total. The summed E-state index contributed by atoms with van der Waals surface area (Å²) in [5.74, 6) is 0. The predicted octanol–water partition coefficient (Wildman–Crippen LogP) is 10.0. The van der Waals surface area contributed by atoms with E-state index in [2.05, 4.69) is 39.8 Å². The molecular weight excluding hydrogens is 681 g/mol. The number of hydrogen-bond acceptors (Lipinski definition) is 6. The van der Waals surface area contributed by atoms with Crippen molar-refractivity contribution >= 4 is 79.5 Å². The van der Waals surface area contributed by atoms with Gasteiger partial charge in [-0.1, -0.05) is 115 Å². The number of fused-ring (bicyclic) bond motifs is 2. The molecule has 0 radical (unpaired) electrons. The van der Waals surface area contributed by atoms with Gasteiger partial charge in [0, 0.05) is 0 Å². The second-order valence-corrected chi connectivity index (χ2v) is 15.8. The van der Waals surface area contributed by atoms with E-state index in [4.69, 9.17) is 0 Å². The third-order valence-electron chi connectivity index (χ3n) is 8.95. The Labute approximate surface area is 326 Å². The van der Waals surface area contributed by atoms with Crippen LogP contribution in [0.1, 0.15) is 127 Å². The van der Waals surface area contributed by atoms with Crippen LogP contribution in [0.15, 0.2) is 70.5 Å². The first-order valence-corrected chi connectivity index (χ1v) is 20.8. The summed E-state index contributed by atoms with van der Waals surface area (Å²) in [5.41, 5.74) is 5.01. The zero-order valence-corrected chi connectivity index (χ0v) is 33.9. The average Bonchev–Trinajstić information content (AvgIpc) is 3.04. The monoisotopic (exact) mass is 734 g/mol. The molecule has 0 aromatic heterocycles. The molecule has 0 aliphatic rings. The summed E-state index contributed by atoms with van der Waals surface area (Å²) in [5, 5.41) is 3.87. The number of unbranched alkanes of at least 4 members (excludes halogenated alkanes) is 8. The Morgan fingerprint density at radius 2 is 0.776 bits per heavy atom. The van der Waals surface area contributed by atoms with Crippen molar-refractivity contribution in [2.75, 3.05) is 0 Å². The molecule has 264 valence electrons. The first-order chi connectivity index (χ1) is 22.9. The van der Waals surface area contributed by atoms with Crippen LogP contribution in [0.2, 0.25) is 0 Å². The minimum Gasteiger partial charge on any atom is -0.744 e. The standard InChI is InChI=1S/2C20H28O3S.Ca/c2*1-3-5-7-9-16-13-17(10-8-6-4-2)20-12-11-19(24(21,22)23)15-18(20)14-16;/h2*11-15H,3-10H2,1-2H3,(H,21,22,23);/q;;+2/p-2. The SMILES string of the molecule is CCCCCc1cc(CCCCC)c2ccc(S(=O)(=O)[O-])cc2c1.CCCCCc1cc(CCCCC)c2ccc(S(=O)(=O)[O-])cc2c1.[Ca+2]. The van der Waals surface area contributed by atoms with Gasteiger partial charge in [0.05, 0.1) is 9.79 Å². The zero-order chi connectivity index (χ0) is 35.2. The van der Waals surface area contributed by atoms with Crippen LogP contribution >= 0.6 is 0 Å². The van der Waals surface area contributed by atoms with Crippen LogP contribution in [0, 0.1) is 0 Å². The van der Waals surface area contributed by atoms with Gasteiger partial charge in [0.1, 0.15) is 20.2 Å². The van der Waals surface area contributed by atoms with E-state index in [1.165, 1.54) is 97.9 Å². The quantitative estimate of drug-likeness (QED) is 0.0571. The minimum atomic E-state index is -4.41. The molecule has 4 rings (SSSR count). The van der Waals surface area contributed by atoms with E-state index in [9.17, 15) is 25.9 Å². The normalized spacial score (nSPS) is 11.7. The summed E-state index contributed by atoms with van der Waals surface area (Å²) in [7, 11) is -8.82. The number of aryl methyl sites for hydroxylation is 4. The molecule has 0 aliphatic carbocycles. The van der Waals surface area contributed by atoms with Gasteiger partial charge in [-0.3, -0.25) is 0 Å². The van der Waals surface area contributed by atoms with Crippen LogP contribution in [0.3, 0.4) is 0 Å². The van der Waals surface area contributed by atoms with Gasteiger partial charge in [-0.05, 0) is 119 Å². The Balaban J connectivity index is 0.000000333. The summed E-state index contributed by atoms with van der Waals surface area (Å²) < 4.78 is 67.9. The summed E-state index contributed by atoms with van der Waals surface area (Å²) in [6.45, 7) is 8.74. The van der Waals surface area contributed by atoms with Crippen molar-refractivity contribution in [3.63, 3.8) is 0 Å². The molecule has 49 heavy (non-hydrogen) atoms. The van der Waals surface area contributed by atoms with Crippen LogP contribution in [0.25, 0.3) is 21.5 Å². The van der Waals surface area contributed by atoms with Crippen molar-refractivity contribution in [2.24, 2.45) is 0 Å². The third kappa shape index (κ3) is 14.2. The van der Waals surface area contributed by atoms with E-state index < -0.39 is 20.2 Å². The van der Waals surface area contributed by atoms with E-state index in [1.54, 1.807) is 12.1 Å². The van der Waals surface area contributed by atoms with Crippen molar-refractivity contribution in [3.05, 3.63) is 82.9 Å². The van der Waals surface area contributed by atoms with Gasteiger partial charge in [0.15, 0.2) is 0 Å². The van der Waals surface area contributed by atoms with E-state index >= 15 is 0 Å². The van der Waals surface area contributed by atoms with E-state index in [0.717, 1.165) is 72.9 Å². The molecule has 9 heteroatoms. The Morgan fingerprint density at radius 3 is 1.08 bits per heavy atom. The molecule has 0 spiro atoms. The van der Waals surface area contributed by atoms with Crippen molar-refractivity contribution in [2.45, 2.75) is 140 Å². The Kier molecular flexibility index (Phi) is 19.4. The molecule has 0 saturated carbocycles. The van der Waals surface area contributed by atoms with Crippen LogP contribution in [0.4, 0.5) is 0 Å². The summed E-state index contributed by atoms with van der Waals surface area (Å²) in [6.07, 6.45) is 18.0. The maximum atomic E-state index is 11.3. The first-order valence-electron chi connectivity index (χ1n) is 17.9. The van der Waals surface area contributed by atoms with Crippen molar-refractivity contribution in [1.82, 2.24) is 0 Å². The molecule has 0 fully saturated rings. The summed E-state index contributed by atoms with van der Waals surface area (Å²) in [6, 6.07) is 18.1. The number of benzene rings is 4. The molecule has 4 aromatic carbocycles. The molecule has 0 bridgehead atoms. The Morgan fingerprint density at radius 1 is 0.449 bits per heavy atom. The smallest absolute Gasteiger partial charge is 0.744 e. The maximum absolute atomic E-state index is 11.3. The predicted molar refractivity (Wildman–Crippen MR) is 202 cm³/mol. The molecule has 0 heterocycles. The molecule has 0 amide bonds. The largest absolute Gasteiger partial charge is 2.00 e. The second kappa shape index (κ2) is 21.8. The van der Waals surface area contributed by atoms with E-state index in [0.29, 0.717) is 0 Å². The fourth-order valence-electron chi connectivity index (χ4n) is 6.29. The molecule has 4 aromatic rings. The van der Waals surface area contributed by atoms with Gasteiger partial charge in [-0.25, -0.2) is 16.8 Å². The maximum Gasteiger partial charge on any atom is 2.00 e. The van der Waals surface area contributed by atoms with Crippen molar-refractivity contribution in [1.29, 1.82) is 0 Å². The van der Waals surface area contributed by atoms with Gasteiger partial charge in [0.25, 0.3) is 0 Å². The van der Waals surface area contributed by atoms with Crippen LogP contribution in [0.5, 0.6) is 0 Å². The van der Waals surface area contributed by atoms with Crippen LogP contribution < -0.4 is 0 Å². The first kappa shape index (κ1) is 43.6. The Hall–Kier alpha value is -1.52. The molecule has 0 N–H and O–H groups in total. The fourth-order valence-corrected chi connectivity index (χ4v) is 7.31. The molecule has 0 saturated heterocycles. The average molecular weight is 735 g/mol. The molecule has 0 aliphatic heterocycles. The van der Waals surface area contributed by atoms with E-state index in [1.807, 2.05) is 12.1 Å². The summed E-state index contributed by atoms with van der Waals surface area (Å²) in [4.78, 5) is -0.277. The van der Waals surface area contributed by atoms with E-state index in [-0.39, 0.29) is 47.5 Å². The van der Waals surface area contributed by atoms with Crippen molar-refractivity contribution in [3.8, 4) is 0 Å².